The second-order valence-corrected chi connectivity index (χ2v) is 4.93. The molecule has 0 spiro atoms. The van der Waals surface area contributed by atoms with Crippen LogP contribution in [-0.4, -0.2) is 11.3 Å². The third-order valence-electron chi connectivity index (χ3n) is 2.44. The minimum absolute atomic E-state index is 0.407. The van der Waals surface area contributed by atoms with E-state index in [4.69, 9.17) is 4.74 Å². The van der Waals surface area contributed by atoms with Gasteiger partial charge in [0.05, 0.1) is 4.88 Å². The molecule has 2 rings (SSSR count). The molecule has 0 atom stereocenters. The van der Waals surface area contributed by atoms with Gasteiger partial charge in [0, 0.05) is 6.20 Å². The molecule has 2 aromatic rings. The second kappa shape index (κ2) is 5.10. The maximum Gasteiger partial charge on any atom is 0.161 e. The minimum atomic E-state index is 0.407. The van der Waals surface area contributed by atoms with Crippen molar-refractivity contribution < 1.29 is 9.53 Å². The van der Waals surface area contributed by atoms with Gasteiger partial charge in [0.15, 0.2) is 6.29 Å². The summed E-state index contributed by atoms with van der Waals surface area (Å²) in [4.78, 5) is 15.3. The van der Waals surface area contributed by atoms with Gasteiger partial charge in [-0.05, 0) is 25.0 Å². The van der Waals surface area contributed by atoms with E-state index in [1.165, 1.54) is 11.3 Å². The first-order valence-electron chi connectivity index (χ1n) is 5.29. The molecule has 1 heterocycles. The molecule has 0 unspecified atom stereocenters. The van der Waals surface area contributed by atoms with Crippen molar-refractivity contribution in [1.29, 1.82) is 0 Å². The first kappa shape index (κ1) is 11.8. The van der Waals surface area contributed by atoms with Gasteiger partial charge in [-0.15, -0.1) is 11.3 Å². The molecule has 0 amide bonds. The van der Waals surface area contributed by atoms with E-state index in [2.05, 4.69) is 4.98 Å². The van der Waals surface area contributed by atoms with Crippen LogP contribution in [0.2, 0.25) is 0 Å². The lowest BCUT2D eigenvalue weighted by molar-refractivity contribution is 0.112. The highest BCUT2D eigenvalue weighted by Crippen LogP contribution is 2.24. The van der Waals surface area contributed by atoms with Gasteiger partial charge in [-0.2, -0.15) is 0 Å². The fraction of sp³-hybridized carbons (Fsp3) is 0.231. The van der Waals surface area contributed by atoms with Crippen LogP contribution in [0.1, 0.15) is 25.8 Å². The first-order valence-corrected chi connectivity index (χ1v) is 6.11. The van der Waals surface area contributed by atoms with Crippen LogP contribution in [-0.2, 0) is 6.61 Å². The molecule has 0 saturated carbocycles. The highest BCUT2D eigenvalue weighted by Gasteiger charge is 2.06. The summed E-state index contributed by atoms with van der Waals surface area (Å²) in [5, 5.41) is 0.815. The molecule has 17 heavy (non-hydrogen) atoms. The number of hydrogen-bond donors (Lipinski definition) is 0. The molecule has 0 fully saturated rings. The van der Waals surface area contributed by atoms with Gasteiger partial charge >= 0.3 is 0 Å². The zero-order valence-corrected chi connectivity index (χ0v) is 10.6. The lowest BCUT2D eigenvalue weighted by Crippen LogP contribution is -1.98. The standard InChI is InChI=1S/C13H13NO2S/c1-9-4-3-5-10(2)13(9)16-8-12-14-6-11(7-15)17-12/h3-7H,8H2,1-2H3. The molecule has 0 saturated heterocycles. The molecule has 0 aliphatic carbocycles. The third-order valence-corrected chi connectivity index (χ3v) is 3.33. The molecule has 0 N–H and O–H groups in total. The number of aromatic nitrogens is 1. The Morgan fingerprint density at radius 3 is 2.65 bits per heavy atom. The molecular weight excluding hydrogens is 234 g/mol. The van der Waals surface area contributed by atoms with Crippen LogP contribution in [0, 0.1) is 13.8 Å². The highest BCUT2D eigenvalue weighted by atomic mass is 32.1. The van der Waals surface area contributed by atoms with Gasteiger partial charge in [-0.1, -0.05) is 18.2 Å². The summed E-state index contributed by atoms with van der Waals surface area (Å²) >= 11 is 1.36. The topological polar surface area (TPSA) is 39.2 Å². The number of para-hydroxylation sites is 1. The predicted octanol–water partition coefficient (Wildman–Crippen LogP) is 3.15. The highest BCUT2D eigenvalue weighted by molar-refractivity contribution is 7.13. The number of benzene rings is 1. The Hall–Kier alpha value is -1.68. The Morgan fingerprint density at radius 2 is 2.06 bits per heavy atom. The van der Waals surface area contributed by atoms with Crippen LogP contribution < -0.4 is 4.74 Å². The Kier molecular flexibility index (Phi) is 3.54. The van der Waals surface area contributed by atoms with Gasteiger partial charge in [0.25, 0.3) is 0 Å². The van der Waals surface area contributed by atoms with Crippen LogP contribution in [0.5, 0.6) is 5.75 Å². The van der Waals surface area contributed by atoms with Crippen LogP contribution in [0.25, 0.3) is 0 Å². The van der Waals surface area contributed by atoms with E-state index in [1.54, 1.807) is 6.20 Å². The Bertz CT molecular complexity index is 514. The lowest BCUT2D eigenvalue weighted by Gasteiger charge is -2.10. The number of thiazole rings is 1. The fourth-order valence-electron chi connectivity index (χ4n) is 1.61. The number of hydrogen-bond acceptors (Lipinski definition) is 4. The lowest BCUT2D eigenvalue weighted by atomic mass is 10.1. The van der Waals surface area contributed by atoms with E-state index in [0.29, 0.717) is 11.5 Å². The number of carbonyl (C=O) groups excluding carboxylic acids is 1. The number of carbonyl (C=O) groups is 1. The Balaban J connectivity index is 2.09. The van der Waals surface area contributed by atoms with E-state index >= 15 is 0 Å². The molecule has 0 aliphatic heterocycles. The average molecular weight is 247 g/mol. The van der Waals surface area contributed by atoms with E-state index in [9.17, 15) is 4.79 Å². The SMILES string of the molecule is Cc1cccc(C)c1OCc1ncc(C=O)s1. The maximum absolute atomic E-state index is 10.5. The zero-order chi connectivity index (χ0) is 12.3. The van der Waals surface area contributed by atoms with Gasteiger partial charge in [0.1, 0.15) is 17.4 Å². The molecule has 4 heteroatoms. The number of nitrogens with zero attached hydrogens (tertiary/aromatic N) is 1. The number of rotatable bonds is 4. The van der Waals surface area contributed by atoms with Crippen LogP contribution >= 0.6 is 11.3 Å². The van der Waals surface area contributed by atoms with Crippen LogP contribution in [0.4, 0.5) is 0 Å². The van der Waals surface area contributed by atoms with Crippen LogP contribution in [0.15, 0.2) is 24.4 Å². The summed E-state index contributed by atoms with van der Waals surface area (Å²) < 4.78 is 5.74. The average Bonchev–Trinajstić information content (AvgIpc) is 2.76. The second-order valence-electron chi connectivity index (χ2n) is 3.78. The summed E-state index contributed by atoms with van der Waals surface area (Å²) in [6.07, 6.45) is 2.38. The van der Waals surface area contributed by atoms with Crippen molar-refractivity contribution in [3.8, 4) is 5.75 Å². The van der Waals surface area contributed by atoms with Crippen molar-refractivity contribution in [1.82, 2.24) is 4.98 Å². The minimum Gasteiger partial charge on any atom is -0.486 e. The summed E-state index contributed by atoms with van der Waals surface area (Å²) in [7, 11) is 0. The fourth-order valence-corrected chi connectivity index (χ4v) is 2.26. The molecule has 88 valence electrons. The summed E-state index contributed by atoms with van der Waals surface area (Å²) in [5.41, 5.74) is 2.22. The monoisotopic (exact) mass is 247 g/mol. The van der Waals surface area contributed by atoms with Gasteiger partial charge in [0.2, 0.25) is 0 Å². The normalized spacial score (nSPS) is 10.2. The maximum atomic E-state index is 10.5. The Labute approximate surface area is 104 Å². The van der Waals surface area contributed by atoms with E-state index in [0.717, 1.165) is 28.2 Å². The van der Waals surface area contributed by atoms with Gasteiger partial charge in [-0.25, -0.2) is 4.98 Å². The number of ether oxygens (including phenoxy) is 1. The molecule has 1 aromatic heterocycles. The van der Waals surface area contributed by atoms with Crippen molar-refractivity contribution in [2.24, 2.45) is 0 Å². The van der Waals surface area contributed by atoms with Gasteiger partial charge in [-0.3, -0.25) is 4.79 Å². The number of aldehydes is 1. The first-order chi connectivity index (χ1) is 8.20. The predicted molar refractivity (Wildman–Crippen MR) is 67.7 cm³/mol. The van der Waals surface area contributed by atoms with E-state index in [1.807, 2.05) is 32.0 Å². The number of aryl methyl sites for hydroxylation is 2. The van der Waals surface area contributed by atoms with Crippen molar-refractivity contribution in [3.05, 3.63) is 45.4 Å². The van der Waals surface area contributed by atoms with E-state index < -0.39 is 0 Å². The Morgan fingerprint density at radius 1 is 1.35 bits per heavy atom. The van der Waals surface area contributed by atoms with Gasteiger partial charge < -0.3 is 4.74 Å². The largest absolute Gasteiger partial charge is 0.486 e. The smallest absolute Gasteiger partial charge is 0.161 e. The summed E-state index contributed by atoms with van der Waals surface area (Å²) in [6.45, 7) is 4.44. The molecule has 0 bridgehead atoms. The van der Waals surface area contributed by atoms with Crippen LogP contribution in [0.3, 0.4) is 0 Å². The molecule has 0 aliphatic rings. The molecule has 0 radical (unpaired) electrons. The van der Waals surface area contributed by atoms with E-state index in [-0.39, 0.29) is 0 Å². The zero-order valence-electron chi connectivity index (χ0n) is 9.77. The molecular formula is C13H13NO2S. The summed E-state index contributed by atoms with van der Waals surface area (Å²) in [6, 6.07) is 6.04. The van der Waals surface area contributed by atoms with Crippen molar-refractivity contribution >= 4 is 17.6 Å². The summed E-state index contributed by atoms with van der Waals surface area (Å²) in [5.74, 6) is 0.898. The third kappa shape index (κ3) is 2.71. The van der Waals surface area contributed by atoms with Crippen molar-refractivity contribution in [3.63, 3.8) is 0 Å². The van der Waals surface area contributed by atoms with Crippen molar-refractivity contribution in [2.45, 2.75) is 20.5 Å². The quantitative estimate of drug-likeness (QED) is 0.779. The molecule has 1 aromatic carbocycles. The molecule has 3 nitrogen and oxygen atoms in total. The van der Waals surface area contributed by atoms with Crippen molar-refractivity contribution in [2.75, 3.05) is 0 Å².